The predicted molar refractivity (Wildman–Crippen MR) is 150 cm³/mol. The Morgan fingerprint density at radius 1 is 1.07 bits per heavy atom. The highest BCUT2D eigenvalue weighted by Gasteiger charge is 2.68. The van der Waals surface area contributed by atoms with Gasteiger partial charge in [-0.25, -0.2) is 9.29 Å². The number of likely N-dealkylation sites (tertiary alicyclic amines) is 1. The van der Waals surface area contributed by atoms with Crippen molar-refractivity contribution in [1.29, 1.82) is 0 Å². The number of aromatic hydroxyl groups is 1. The van der Waals surface area contributed by atoms with E-state index < -0.39 is 52.6 Å². The minimum absolute atomic E-state index is 0.0742. The molecule has 2 aromatic rings. The molecule has 3 heterocycles. The van der Waals surface area contributed by atoms with Crippen LogP contribution in [0.2, 0.25) is 5.02 Å². The number of carbonyl (C=O) groups excluding carboxylic acids is 4. The number of halogens is 2. The van der Waals surface area contributed by atoms with Crippen molar-refractivity contribution in [2.75, 3.05) is 11.4 Å². The number of hydrogen-bond donors (Lipinski definition) is 1. The third-order valence-electron chi connectivity index (χ3n) is 9.99. The molecule has 2 aliphatic carbocycles. The number of nitrogens with zero attached hydrogens (tertiary/aromatic N) is 2. The lowest BCUT2D eigenvalue weighted by atomic mass is 9.51. The SMILES string of the molecule is CCN1C(=O)[C@H]2[C@H](CC=C3[C@H](C4=COc5ccc(O)cc5C4)[C@]4(C)C(=O)N(c5ccc(F)c(Cl)c5)C(=O)[C@@H]4C[C@H]32)C1=O. The Hall–Kier alpha value is -3.98. The Labute approximate surface area is 246 Å². The van der Waals surface area contributed by atoms with Gasteiger partial charge in [-0.2, -0.15) is 0 Å². The molecule has 2 saturated heterocycles. The molecule has 4 amide bonds. The summed E-state index contributed by atoms with van der Waals surface area (Å²) in [6.07, 6.45) is 4.53. The number of carbonyl (C=O) groups is 4. The van der Waals surface area contributed by atoms with Gasteiger partial charge < -0.3 is 9.84 Å². The summed E-state index contributed by atoms with van der Waals surface area (Å²) in [5, 5.41) is 9.94. The zero-order valence-electron chi connectivity index (χ0n) is 23.0. The molecule has 2 aromatic carbocycles. The van der Waals surface area contributed by atoms with E-state index in [1.807, 2.05) is 6.08 Å². The fourth-order valence-electron chi connectivity index (χ4n) is 8.09. The molecule has 0 radical (unpaired) electrons. The Morgan fingerprint density at radius 2 is 1.86 bits per heavy atom. The molecule has 5 aliphatic rings. The zero-order chi connectivity index (χ0) is 29.7. The molecule has 0 unspecified atom stereocenters. The van der Waals surface area contributed by atoms with E-state index in [0.29, 0.717) is 18.6 Å². The topological polar surface area (TPSA) is 104 Å². The van der Waals surface area contributed by atoms with Crippen LogP contribution in [0, 0.1) is 40.8 Å². The zero-order valence-corrected chi connectivity index (χ0v) is 23.7. The number of fused-ring (bicyclic) bond motifs is 5. The smallest absolute Gasteiger partial charge is 0.241 e. The van der Waals surface area contributed by atoms with Crippen molar-refractivity contribution in [2.24, 2.45) is 35.0 Å². The molecule has 3 aliphatic heterocycles. The summed E-state index contributed by atoms with van der Waals surface area (Å²) in [4.78, 5) is 57.7. The molecule has 216 valence electrons. The summed E-state index contributed by atoms with van der Waals surface area (Å²) >= 11 is 6.05. The van der Waals surface area contributed by atoms with Crippen LogP contribution in [0.3, 0.4) is 0 Å². The number of ether oxygens (including phenoxy) is 1. The lowest BCUT2D eigenvalue weighted by Gasteiger charge is -2.49. The molecule has 0 spiro atoms. The van der Waals surface area contributed by atoms with Gasteiger partial charge >= 0.3 is 0 Å². The first-order chi connectivity index (χ1) is 20.1. The molecule has 1 saturated carbocycles. The van der Waals surface area contributed by atoms with Gasteiger partial charge in [-0.15, -0.1) is 0 Å². The van der Waals surface area contributed by atoms with E-state index in [-0.39, 0.29) is 41.2 Å². The summed E-state index contributed by atoms with van der Waals surface area (Å²) in [5.41, 5.74) is 1.24. The monoisotopic (exact) mass is 590 g/mol. The number of phenolic OH excluding ortho intramolecular Hbond substituents is 1. The molecule has 6 atom stereocenters. The number of benzene rings is 2. The molecule has 1 N–H and O–H groups in total. The molecule has 7 rings (SSSR count). The fraction of sp³-hybridized carbons (Fsp3) is 0.375. The first-order valence-electron chi connectivity index (χ1n) is 14.1. The van der Waals surface area contributed by atoms with Gasteiger partial charge in [0.05, 0.1) is 40.1 Å². The van der Waals surface area contributed by atoms with Gasteiger partial charge in [0.1, 0.15) is 17.3 Å². The lowest BCUT2D eigenvalue weighted by molar-refractivity contribution is -0.140. The van der Waals surface area contributed by atoms with Crippen molar-refractivity contribution < 1.29 is 33.4 Å². The van der Waals surface area contributed by atoms with Crippen molar-refractivity contribution in [3.8, 4) is 11.5 Å². The van der Waals surface area contributed by atoms with E-state index in [2.05, 4.69) is 0 Å². The van der Waals surface area contributed by atoms with Gasteiger partial charge in [0.25, 0.3) is 0 Å². The lowest BCUT2D eigenvalue weighted by Crippen LogP contribution is -2.51. The van der Waals surface area contributed by atoms with Gasteiger partial charge in [-0.1, -0.05) is 23.3 Å². The van der Waals surface area contributed by atoms with Crippen LogP contribution in [0.25, 0.3) is 0 Å². The van der Waals surface area contributed by atoms with Crippen LogP contribution in [0.1, 0.15) is 32.3 Å². The van der Waals surface area contributed by atoms with Gasteiger partial charge in [-0.05, 0) is 74.6 Å². The second kappa shape index (κ2) is 9.26. The Bertz CT molecular complexity index is 1670. The number of hydrogen-bond acceptors (Lipinski definition) is 6. The highest BCUT2D eigenvalue weighted by Crippen LogP contribution is 2.62. The highest BCUT2D eigenvalue weighted by atomic mass is 35.5. The van der Waals surface area contributed by atoms with Crippen molar-refractivity contribution in [3.63, 3.8) is 0 Å². The van der Waals surface area contributed by atoms with Gasteiger partial charge in [0.2, 0.25) is 23.6 Å². The third-order valence-corrected chi connectivity index (χ3v) is 10.3. The molecule has 3 fully saturated rings. The van der Waals surface area contributed by atoms with E-state index in [1.54, 1.807) is 32.2 Å². The highest BCUT2D eigenvalue weighted by molar-refractivity contribution is 6.31. The maximum absolute atomic E-state index is 14.4. The first-order valence-corrected chi connectivity index (χ1v) is 14.5. The number of amides is 4. The maximum Gasteiger partial charge on any atom is 0.241 e. The molecular formula is C32H28ClFN2O6. The van der Waals surface area contributed by atoms with Gasteiger partial charge in [-0.3, -0.25) is 24.1 Å². The normalized spacial score (nSPS) is 31.7. The first kappa shape index (κ1) is 26.9. The van der Waals surface area contributed by atoms with Crippen molar-refractivity contribution in [3.05, 3.63) is 76.3 Å². The van der Waals surface area contributed by atoms with Crippen LogP contribution >= 0.6 is 11.6 Å². The molecule has 10 heteroatoms. The maximum atomic E-state index is 14.4. The van der Waals surface area contributed by atoms with Gasteiger partial charge in [0, 0.05) is 24.4 Å². The summed E-state index contributed by atoms with van der Waals surface area (Å²) in [6.45, 7) is 3.81. The van der Waals surface area contributed by atoms with Crippen LogP contribution < -0.4 is 9.64 Å². The second-order valence-electron chi connectivity index (χ2n) is 12.0. The average Bonchev–Trinajstić information content (AvgIpc) is 3.33. The summed E-state index contributed by atoms with van der Waals surface area (Å²) < 4.78 is 20.0. The Morgan fingerprint density at radius 3 is 2.60 bits per heavy atom. The minimum Gasteiger partial charge on any atom is -0.508 e. The quantitative estimate of drug-likeness (QED) is 0.407. The number of anilines is 1. The number of phenols is 1. The van der Waals surface area contributed by atoms with E-state index in [4.69, 9.17) is 16.3 Å². The summed E-state index contributed by atoms with van der Waals surface area (Å²) in [6, 6.07) is 8.56. The molecule has 0 aromatic heterocycles. The van der Waals surface area contributed by atoms with Crippen molar-refractivity contribution >= 4 is 40.9 Å². The number of rotatable bonds is 3. The largest absolute Gasteiger partial charge is 0.508 e. The number of allylic oxidation sites excluding steroid dienone is 3. The van der Waals surface area contributed by atoms with Crippen molar-refractivity contribution in [1.82, 2.24) is 4.90 Å². The molecular weight excluding hydrogens is 563 g/mol. The average molecular weight is 591 g/mol. The van der Waals surface area contributed by atoms with E-state index in [9.17, 15) is 28.7 Å². The van der Waals surface area contributed by atoms with Crippen LogP contribution in [-0.4, -0.2) is 40.2 Å². The summed E-state index contributed by atoms with van der Waals surface area (Å²) in [7, 11) is 0. The van der Waals surface area contributed by atoms with Crippen LogP contribution in [-0.2, 0) is 25.6 Å². The Kier molecular flexibility index (Phi) is 5.93. The van der Waals surface area contributed by atoms with E-state index in [1.165, 1.54) is 23.1 Å². The molecule has 42 heavy (non-hydrogen) atoms. The fourth-order valence-corrected chi connectivity index (χ4v) is 8.27. The molecule has 8 nitrogen and oxygen atoms in total. The van der Waals surface area contributed by atoms with Crippen LogP contribution in [0.5, 0.6) is 11.5 Å². The van der Waals surface area contributed by atoms with Crippen LogP contribution in [0.15, 0.2) is 59.9 Å². The summed E-state index contributed by atoms with van der Waals surface area (Å²) in [5.74, 6) is -4.35. The second-order valence-corrected chi connectivity index (χ2v) is 12.4. The molecule has 0 bridgehead atoms. The predicted octanol–water partition coefficient (Wildman–Crippen LogP) is 4.79. The van der Waals surface area contributed by atoms with E-state index in [0.717, 1.165) is 27.7 Å². The van der Waals surface area contributed by atoms with Gasteiger partial charge in [0.15, 0.2) is 0 Å². The third kappa shape index (κ3) is 3.52. The number of imide groups is 2. The van der Waals surface area contributed by atoms with E-state index >= 15 is 0 Å². The minimum atomic E-state index is -1.26. The standard InChI is InChI=1S/C32H28ClFN2O6/c1-3-35-28(38)20-7-6-19-21(26(20)30(35)40)13-22-29(39)36(17-4-8-24(34)23(33)12-17)31(41)32(22,2)27(19)16-10-15-11-18(37)5-9-25(15)42-14-16/h4-6,8-9,11-12,14,20-22,26-27,37H,3,7,10,13H2,1-2H3/t20-,21+,22-,26-,27-,32+/m0/s1. The van der Waals surface area contributed by atoms with Crippen LogP contribution in [0.4, 0.5) is 10.1 Å². The van der Waals surface area contributed by atoms with Crippen molar-refractivity contribution in [2.45, 2.75) is 33.1 Å². The Balaban J connectivity index is 1.38.